The van der Waals surface area contributed by atoms with E-state index in [0.29, 0.717) is 5.92 Å². The van der Waals surface area contributed by atoms with Crippen LogP contribution in [-0.2, 0) is 30.3 Å². The maximum absolute atomic E-state index is 11.7. The van der Waals surface area contributed by atoms with E-state index in [2.05, 4.69) is 87.9 Å². The number of ketones is 1. The van der Waals surface area contributed by atoms with E-state index in [1.807, 2.05) is 27.7 Å². The molecule has 43 heavy (non-hydrogen) atoms. The molecule has 0 spiro atoms. The molecule has 0 aliphatic rings. The summed E-state index contributed by atoms with van der Waals surface area (Å²) in [6, 6.07) is 14.4. The predicted molar refractivity (Wildman–Crippen MR) is 181 cm³/mol. The van der Waals surface area contributed by atoms with Crippen LogP contribution in [0.25, 0.3) is 32.2 Å². The van der Waals surface area contributed by atoms with Gasteiger partial charge in [0.2, 0.25) is 0 Å². The zero-order valence-corrected chi connectivity index (χ0v) is 30.8. The van der Waals surface area contributed by atoms with Crippen molar-refractivity contribution in [3.05, 3.63) is 70.6 Å². The first-order valence-electron chi connectivity index (χ1n) is 15.5. The number of aliphatic hydroxyl groups is 1. The van der Waals surface area contributed by atoms with E-state index in [0.717, 1.165) is 47.8 Å². The maximum Gasteiger partial charge on any atom is 0.162 e. The second-order valence-electron chi connectivity index (χ2n) is 12.5. The van der Waals surface area contributed by atoms with Crippen LogP contribution in [0, 0.1) is 24.8 Å². The van der Waals surface area contributed by atoms with Gasteiger partial charge in [-0.15, -0.1) is 40.5 Å². The summed E-state index contributed by atoms with van der Waals surface area (Å²) in [5, 5.41) is 12.2. The molecule has 0 bridgehead atoms. The van der Waals surface area contributed by atoms with Crippen LogP contribution in [-0.4, -0.2) is 20.9 Å². The van der Waals surface area contributed by atoms with Crippen molar-refractivity contribution in [2.24, 2.45) is 11.8 Å². The first-order chi connectivity index (χ1) is 19.9. The van der Waals surface area contributed by atoms with Gasteiger partial charge in [-0.1, -0.05) is 91.5 Å². The number of carbonyl (C=O) groups is 1. The molecule has 0 amide bonds. The Kier molecular flexibility index (Phi) is 13.7. The standard InChI is InChI=1S/C24H25N2S.C13H24O2.Ir/c1-14(2)20-15(3)27-23-21(25-13-26-22(20)23)17-11-16-9-7-8-10-18(16)19(12-17)24(4,5)6;1-5-10(6-2)12(14)9-13(15)11(7-3)8-4;/h7-10,12-14H,1-6H3;9-11,14H,5-8H2,1-4H3;/q-1;;/b;12-9-;. The zero-order valence-electron chi connectivity index (χ0n) is 27.6. The third-order valence-corrected chi connectivity index (χ3v) is 9.31. The molecule has 0 saturated carbocycles. The average Bonchev–Trinajstić information content (AvgIpc) is 3.29. The molecular weight excluding hydrogens is 729 g/mol. The number of hydrogen-bond acceptors (Lipinski definition) is 5. The smallest absolute Gasteiger partial charge is 0.162 e. The minimum atomic E-state index is 0. The molecule has 2 aromatic heterocycles. The minimum Gasteiger partial charge on any atom is -0.512 e. The van der Waals surface area contributed by atoms with E-state index < -0.39 is 0 Å². The summed E-state index contributed by atoms with van der Waals surface area (Å²) in [7, 11) is 0. The number of aliphatic hydroxyl groups excluding tert-OH is 1. The number of aromatic nitrogens is 2. The van der Waals surface area contributed by atoms with Crippen LogP contribution in [0.3, 0.4) is 0 Å². The normalized spacial score (nSPS) is 12.2. The third-order valence-electron chi connectivity index (χ3n) is 8.19. The summed E-state index contributed by atoms with van der Waals surface area (Å²) in [5.41, 5.74) is 5.87. The Hall–Kier alpha value is -2.40. The summed E-state index contributed by atoms with van der Waals surface area (Å²) in [6.07, 6.45) is 6.61. The molecule has 0 aliphatic heterocycles. The van der Waals surface area contributed by atoms with Gasteiger partial charge in [-0.2, -0.15) is 0 Å². The molecule has 0 aliphatic carbocycles. The van der Waals surface area contributed by atoms with Gasteiger partial charge in [0.25, 0.3) is 0 Å². The molecule has 2 heterocycles. The number of benzene rings is 2. The summed E-state index contributed by atoms with van der Waals surface area (Å²) in [4.78, 5) is 22.4. The Morgan fingerprint density at radius 1 is 1.00 bits per heavy atom. The number of rotatable bonds is 9. The minimum absolute atomic E-state index is 0. The van der Waals surface area contributed by atoms with Gasteiger partial charge < -0.3 is 5.11 Å². The number of nitrogens with zero attached hydrogens (tertiary/aromatic N) is 2. The molecule has 235 valence electrons. The topological polar surface area (TPSA) is 63.1 Å². The van der Waals surface area contributed by atoms with Crippen LogP contribution in [0.2, 0.25) is 0 Å². The Labute approximate surface area is 276 Å². The van der Waals surface area contributed by atoms with Gasteiger partial charge in [-0.3, -0.25) is 9.78 Å². The fourth-order valence-electron chi connectivity index (χ4n) is 5.67. The molecule has 1 N–H and O–H groups in total. The van der Waals surface area contributed by atoms with Crippen LogP contribution in [0.1, 0.15) is 110 Å². The fourth-order valence-corrected chi connectivity index (χ4v) is 6.93. The van der Waals surface area contributed by atoms with E-state index in [9.17, 15) is 9.90 Å². The molecule has 0 atom stereocenters. The van der Waals surface area contributed by atoms with Crippen LogP contribution < -0.4 is 0 Å². The number of hydrogen-bond donors (Lipinski definition) is 1. The molecule has 0 unspecified atom stereocenters. The van der Waals surface area contributed by atoms with Gasteiger partial charge in [0.15, 0.2) is 5.78 Å². The average molecular weight is 778 g/mol. The quantitative estimate of drug-likeness (QED) is 0.104. The number of allylic oxidation sites excluding steroid dienone is 2. The summed E-state index contributed by atoms with van der Waals surface area (Å²) < 4.78 is 1.17. The molecule has 4 aromatic rings. The molecule has 4 rings (SSSR count). The molecular formula is C37H49IrN2O2S-. The summed E-state index contributed by atoms with van der Waals surface area (Å²) in [6.45, 7) is 21.5. The summed E-state index contributed by atoms with van der Waals surface area (Å²) in [5.74, 6) is 0.998. The number of aryl methyl sites for hydroxylation is 1. The second-order valence-corrected chi connectivity index (χ2v) is 13.7. The zero-order chi connectivity index (χ0) is 31.2. The van der Waals surface area contributed by atoms with Gasteiger partial charge in [0.05, 0.1) is 11.3 Å². The Balaban J connectivity index is 0.000000348. The molecule has 6 heteroatoms. The Bertz CT molecular complexity index is 1540. The van der Waals surface area contributed by atoms with Crippen molar-refractivity contribution in [2.75, 3.05) is 0 Å². The SMILES string of the molecule is CCC(CC)C(=O)/C=C(\O)C(CC)CC.Cc1sc2c(-c3[c-]c4ccccc4c(C(C)(C)C)c3)ncnc2c1C(C)C.[Ir]. The Morgan fingerprint density at radius 2 is 1.60 bits per heavy atom. The van der Waals surface area contributed by atoms with Crippen LogP contribution in [0.15, 0.2) is 48.5 Å². The van der Waals surface area contributed by atoms with Gasteiger partial charge >= 0.3 is 0 Å². The molecule has 2 aromatic carbocycles. The monoisotopic (exact) mass is 778 g/mol. The van der Waals surface area contributed by atoms with E-state index in [4.69, 9.17) is 0 Å². The number of thiophene rings is 1. The van der Waals surface area contributed by atoms with E-state index in [1.165, 1.54) is 32.2 Å². The predicted octanol–water partition coefficient (Wildman–Crippen LogP) is 10.9. The van der Waals surface area contributed by atoms with Crippen molar-refractivity contribution in [3.63, 3.8) is 0 Å². The first-order valence-corrected chi connectivity index (χ1v) is 16.3. The Morgan fingerprint density at radius 3 is 2.16 bits per heavy atom. The molecule has 1 radical (unpaired) electrons. The van der Waals surface area contributed by atoms with E-state index in [-0.39, 0.29) is 48.9 Å². The number of carbonyl (C=O) groups excluding carboxylic acids is 1. The van der Waals surface area contributed by atoms with Gasteiger partial charge in [-0.25, -0.2) is 4.98 Å². The van der Waals surface area contributed by atoms with Crippen LogP contribution in [0.5, 0.6) is 0 Å². The third kappa shape index (κ3) is 8.62. The van der Waals surface area contributed by atoms with Crippen molar-refractivity contribution < 1.29 is 30.0 Å². The van der Waals surface area contributed by atoms with Crippen molar-refractivity contribution in [1.29, 1.82) is 0 Å². The fraction of sp³-hybridized carbons (Fsp3) is 0.486. The number of fused-ring (bicyclic) bond motifs is 2. The van der Waals surface area contributed by atoms with E-state index >= 15 is 0 Å². The van der Waals surface area contributed by atoms with Crippen molar-refractivity contribution in [3.8, 4) is 11.3 Å². The first kappa shape index (κ1) is 36.8. The van der Waals surface area contributed by atoms with E-state index in [1.54, 1.807) is 17.7 Å². The van der Waals surface area contributed by atoms with Crippen molar-refractivity contribution in [2.45, 2.75) is 106 Å². The molecule has 4 nitrogen and oxygen atoms in total. The largest absolute Gasteiger partial charge is 0.512 e. The van der Waals surface area contributed by atoms with Crippen molar-refractivity contribution >= 4 is 38.1 Å². The van der Waals surface area contributed by atoms with Gasteiger partial charge in [0.1, 0.15) is 6.33 Å². The second kappa shape index (κ2) is 16.1. The van der Waals surface area contributed by atoms with Crippen LogP contribution >= 0.6 is 11.3 Å². The van der Waals surface area contributed by atoms with Crippen LogP contribution in [0.4, 0.5) is 0 Å². The van der Waals surface area contributed by atoms with Gasteiger partial charge in [0, 0.05) is 53.3 Å². The van der Waals surface area contributed by atoms with Crippen molar-refractivity contribution in [1.82, 2.24) is 9.97 Å². The molecule has 0 fully saturated rings. The van der Waals surface area contributed by atoms with Gasteiger partial charge in [-0.05, 0) is 49.5 Å². The molecule has 0 saturated heterocycles. The maximum atomic E-state index is 11.7. The summed E-state index contributed by atoms with van der Waals surface area (Å²) >= 11 is 1.80.